The number of ether oxygens (including phenoxy) is 4. The molecule has 2 aromatic carbocycles. The standard InChI is InChI=1S/C23H27N3O7S/c27-23(24-14-17-16-32-19-3-1-2-4-21(19)33-17)15-25-7-9-26(10-8-25)34(28,29)18-5-6-20-22(13-18)31-12-11-30-20/h1-6,13,17H,7-12,14-16H2,(H,24,27)/t17-/m0/s1. The molecule has 0 spiro atoms. The lowest BCUT2D eigenvalue weighted by atomic mass is 10.2. The van der Waals surface area contributed by atoms with Crippen molar-refractivity contribution in [2.24, 2.45) is 0 Å². The summed E-state index contributed by atoms with van der Waals surface area (Å²) in [6.07, 6.45) is -0.258. The molecule has 5 rings (SSSR count). The molecular weight excluding hydrogens is 462 g/mol. The zero-order valence-electron chi connectivity index (χ0n) is 18.6. The van der Waals surface area contributed by atoms with Crippen LogP contribution in [0.25, 0.3) is 0 Å². The number of hydrogen-bond donors (Lipinski definition) is 1. The first kappa shape index (κ1) is 22.8. The normalized spacial score (nSPS) is 20.5. The van der Waals surface area contributed by atoms with E-state index in [1.807, 2.05) is 29.2 Å². The van der Waals surface area contributed by atoms with Crippen LogP contribution in [-0.4, -0.2) is 88.7 Å². The van der Waals surface area contributed by atoms with E-state index in [0.29, 0.717) is 75.5 Å². The predicted molar refractivity (Wildman–Crippen MR) is 122 cm³/mol. The van der Waals surface area contributed by atoms with Crippen molar-refractivity contribution in [2.45, 2.75) is 11.0 Å². The summed E-state index contributed by atoms with van der Waals surface area (Å²) in [7, 11) is -3.66. The molecule has 2 aromatic rings. The molecule has 11 heteroatoms. The van der Waals surface area contributed by atoms with Gasteiger partial charge in [0.05, 0.1) is 18.0 Å². The molecule has 1 N–H and O–H groups in total. The number of para-hydroxylation sites is 2. The van der Waals surface area contributed by atoms with Crippen LogP contribution < -0.4 is 24.3 Å². The van der Waals surface area contributed by atoms with Crippen molar-refractivity contribution in [1.29, 1.82) is 0 Å². The van der Waals surface area contributed by atoms with Gasteiger partial charge in [0.1, 0.15) is 25.9 Å². The van der Waals surface area contributed by atoms with Gasteiger partial charge in [-0.2, -0.15) is 4.31 Å². The summed E-state index contributed by atoms with van der Waals surface area (Å²) in [5.41, 5.74) is 0. The number of carbonyl (C=O) groups is 1. The van der Waals surface area contributed by atoms with E-state index in [-0.39, 0.29) is 23.5 Å². The fraction of sp³-hybridized carbons (Fsp3) is 0.435. The number of fused-ring (bicyclic) bond motifs is 2. The smallest absolute Gasteiger partial charge is 0.243 e. The molecule has 3 aliphatic rings. The number of hydrogen-bond acceptors (Lipinski definition) is 8. The highest BCUT2D eigenvalue weighted by Crippen LogP contribution is 2.33. The van der Waals surface area contributed by atoms with Crippen LogP contribution in [0.1, 0.15) is 0 Å². The fourth-order valence-electron chi connectivity index (χ4n) is 4.11. The third-order valence-corrected chi connectivity index (χ3v) is 7.84. The molecular formula is C23H27N3O7S. The van der Waals surface area contributed by atoms with Crippen LogP contribution >= 0.6 is 0 Å². The molecule has 1 fully saturated rings. The van der Waals surface area contributed by atoms with Gasteiger partial charge in [-0.05, 0) is 24.3 Å². The van der Waals surface area contributed by atoms with E-state index < -0.39 is 10.0 Å². The van der Waals surface area contributed by atoms with Crippen LogP contribution in [-0.2, 0) is 14.8 Å². The summed E-state index contributed by atoms with van der Waals surface area (Å²) in [6.45, 7) is 3.29. The lowest BCUT2D eigenvalue weighted by Gasteiger charge is -2.33. The Morgan fingerprint density at radius 2 is 1.62 bits per heavy atom. The fourth-order valence-corrected chi connectivity index (χ4v) is 5.55. The number of carbonyl (C=O) groups excluding carboxylic acids is 1. The summed E-state index contributed by atoms with van der Waals surface area (Å²) >= 11 is 0. The van der Waals surface area contributed by atoms with E-state index in [1.165, 1.54) is 16.4 Å². The van der Waals surface area contributed by atoms with Crippen LogP contribution in [0.5, 0.6) is 23.0 Å². The second-order valence-electron chi connectivity index (χ2n) is 8.29. The van der Waals surface area contributed by atoms with Gasteiger partial charge >= 0.3 is 0 Å². The van der Waals surface area contributed by atoms with E-state index in [1.54, 1.807) is 6.07 Å². The predicted octanol–water partition coefficient (Wildman–Crippen LogP) is 0.720. The molecule has 0 aromatic heterocycles. The Kier molecular flexibility index (Phi) is 6.48. The van der Waals surface area contributed by atoms with Crippen LogP contribution in [0, 0.1) is 0 Å². The van der Waals surface area contributed by atoms with Crippen molar-refractivity contribution in [3.8, 4) is 23.0 Å². The molecule has 182 valence electrons. The molecule has 1 amide bonds. The number of piperazine rings is 1. The minimum absolute atomic E-state index is 0.134. The summed E-state index contributed by atoms with van der Waals surface area (Å²) in [6, 6.07) is 12.1. The summed E-state index contributed by atoms with van der Waals surface area (Å²) < 4.78 is 50.1. The van der Waals surface area contributed by atoms with E-state index >= 15 is 0 Å². The topological polar surface area (TPSA) is 107 Å². The van der Waals surface area contributed by atoms with Gasteiger partial charge in [-0.3, -0.25) is 9.69 Å². The molecule has 3 aliphatic heterocycles. The van der Waals surface area contributed by atoms with Gasteiger partial charge in [-0.15, -0.1) is 0 Å². The Labute approximate surface area is 198 Å². The molecule has 0 aliphatic carbocycles. The maximum absolute atomic E-state index is 13.1. The number of sulfonamides is 1. The minimum atomic E-state index is -3.66. The van der Waals surface area contributed by atoms with Gasteiger partial charge in [0.15, 0.2) is 23.0 Å². The largest absolute Gasteiger partial charge is 0.486 e. The summed E-state index contributed by atoms with van der Waals surface area (Å²) in [4.78, 5) is 14.6. The Hall–Kier alpha value is -3.02. The molecule has 1 saturated heterocycles. The van der Waals surface area contributed by atoms with Crippen LogP contribution in [0.3, 0.4) is 0 Å². The minimum Gasteiger partial charge on any atom is -0.486 e. The van der Waals surface area contributed by atoms with Crippen LogP contribution in [0.15, 0.2) is 47.4 Å². The maximum Gasteiger partial charge on any atom is 0.243 e. The summed E-state index contributed by atoms with van der Waals surface area (Å²) in [5.74, 6) is 2.23. The first-order valence-electron chi connectivity index (χ1n) is 11.3. The van der Waals surface area contributed by atoms with Crippen LogP contribution in [0.4, 0.5) is 0 Å². The van der Waals surface area contributed by atoms with Gasteiger partial charge in [0.25, 0.3) is 0 Å². The monoisotopic (exact) mass is 489 g/mol. The number of amides is 1. The molecule has 10 nitrogen and oxygen atoms in total. The second-order valence-corrected chi connectivity index (χ2v) is 10.2. The van der Waals surface area contributed by atoms with E-state index in [4.69, 9.17) is 18.9 Å². The molecule has 1 atom stereocenters. The Morgan fingerprint density at radius 3 is 2.41 bits per heavy atom. The molecule has 0 saturated carbocycles. The highest BCUT2D eigenvalue weighted by Gasteiger charge is 2.30. The zero-order valence-corrected chi connectivity index (χ0v) is 19.5. The van der Waals surface area contributed by atoms with Gasteiger partial charge in [0.2, 0.25) is 15.9 Å². The molecule has 0 unspecified atom stereocenters. The number of nitrogens with one attached hydrogen (secondary N) is 1. The zero-order chi connectivity index (χ0) is 23.5. The lowest BCUT2D eigenvalue weighted by Crippen LogP contribution is -2.51. The van der Waals surface area contributed by atoms with Gasteiger partial charge in [-0.1, -0.05) is 12.1 Å². The second kappa shape index (κ2) is 9.69. The maximum atomic E-state index is 13.1. The van der Waals surface area contributed by atoms with Crippen molar-refractivity contribution in [3.63, 3.8) is 0 Å². The first-order chi connectivity index (χ1) is 16.5. The Balaban J connectivity index is 1.09. The third kappa shape index (κ3) is 4.91. The molecule has 0 radical (unpaired) electrons. The third-order valence-electron chi connectivity index (χ3n) is 5.94. The van der Waals surface area contributed by atoms with E-state index in [0.717, 1.165) is 0 Å². The van der Waals surface area contributed by atoms with Gasteiger partial charge < -0.3 is 24.3 Å². The van der Waals surface area contributed by atoms with Crippen molar-refractivity contribution in [3.05, 3.63) is 42.5 Å². The number of nitrogens with zero attached hydrogens (tertiary/aromatic N) is 2. The average molecular weight is 490 g/mol. The number of rotatable bonds is 6. The first-order valence-corrected chi connectivity index (χ1v) is 12.7. The van der Waals surface area contributed by atoms with Crippen molar-refractivity contribution in [2.75, 3.05) is 59.1 Å². The van der Waals surface area contributed by atoms with Crippen molar-refractivity contribution < 1.29 is 32.2 Å². The molecule has 0 bridgehead atoms. The van der Waals surface area contributed by atoms with Gasteiger partial charge in [-0.25, -0.2) is 8.42 Å². The summed E-state index contributed by atoms with van der Waals surface area (Å²) in [5, 5.41) is 2.88. The molecule has 3 heterocycles. The molecule has 34 heavy (non-hydrogen) atoms. The van der Waals surface area contributed by atoms with E-state index in [2.05, 4.69) is 5.32 Å². The van der Waals surface area contributed by atoms with Gasteiger partial charge in [0, 0.05) is 32.2 Å². The number of benzene rings is 2. The average Bonchev–Trinajstić information content (AvgIpc) is 2.87. The lowest BCUT2D eigenvalue weighted by molar-refractivity contribution is -0.123. The quantitative estimate of drug-likeness (QED) is 0.633. The van der Waals surface area contributed by atoms with Crippen molar-refractivity contribution >= 4 is 15.9 Å². The van der Waals surface area contributed by atoms with Crippen LogP contribution in [0.2, 0.25) is 0 Å². The Morgan fingerprint density at radius 1 is 0.912 bits per heavy atom. The van der Waals surface area contributed by atoms with Crippen molar-refractivity contribution in [1.82, 2.24) is 14.5 Å². The highest BCUT2D eigenvalue weighted by molar-refractivity contribution is 7.89. The van der Waals surface area contributed by atoms with E-state index in [9.17, 15) is 13.2 Å². The highest BCUT2D eigenvalue weighted by atomic mass is 32.2. The Bertz CT molecular complexity index is 1150. The SMILES string of the molecule is O=C(CN1CCN(S(=O)(=O)c2ccc3c(c2)OCCO3)CC1)NC[C@H]1COc2ccccc2O1.